The van der Waals surface area contributed by atoms with Gasteiger partial charge in [0.15, 0.2) is 0 Å². The summed E-state index contributed by atoms with van der Waals surface area (Å²) in [5, 5.41) is 0. The molecule has 0 aliphatic heterocycles. The lowest BCUT2D eigenvalue weighted by Gasteiger charge is -2.09. The van der Waals surface area contributed by atoms with Crippen LogP contribution in [0.5, 0.6) is 0 Å². The molecule has 2 atom stereocenters. The number of unbranched alkanes of at least 4 members (excludes halogenated alkanes) is 1. The van der Waals surface area contributed by atoms with Crippen molar-refractivity contribution in [1.29, 1.82) is 0 Å². The minimum absolute atomic E-state index is 0.438. The number of fused-ring (bicyclic) bond motifs is 1. The first kappa shape index (κ1) is 8.98. The Morgan fingerprint density at radius 3 is 2.62 bits per heavy atom. The molecular formula is C12H18O. The standard InChI is InChI=1S/C12H18O/c1-2-3-4-5-12(13)11-7-9-6-10(9)8-11/h2,9-11H,1,3-8H2. The Morgan fingerprint density at radius 2 is 2.00 bits per heavy atom. The summed E-state index contributed by atoms with van der Waals surface area (Å²) in [4.78, 5) is 11.7. The fraction of sp³-hybridized carbons (Fsp3) is 0.750. The van der Waals surface area contributed by atoms with E-state index in [9.17, 15) is 4.79 Å². The third-order valence-corrected chi connectivity index (χ3v) is 3.53. The van der Waals surface area contributed by atoms with E-state index in [-0.39, 0.29) is 0 Å². The van der Waals surface area contributed by atoms with Crippen LogP contribution in [0.25, 0.3) is 0 Å². The average Bonchev–Trinajstić information content (AvgIpc) is 2.74. The number of carbonyl (C=O) groups excluding carboxylic acids is 1. The van der Waals surface area contributed by atoms with Crippen LogP contribution in [0.3, 0.4) is 0 Å². The summed E-state index contributed by atoms with van der Waals surface area (Å²) in [6, 6.07) is 0. The van der Waals surface area contributed by atoms with Crippen LogP contribution >= 0.6 is 0 Å². The summed E-state index contributed by atoms with van der Waals surface area (Å²) >= 11 is 0. The van der Waals surface area contributed by atoms with Crippen molar-refractivity contribution in [2.75, 3.05) is 0 Å². The Kier molecular flexibility index (Phi) is 2.52. The average molecular weight is 178 g/mol. The molecule has 0 bridgehead atoms. The van der Waals surface area contributed by atoms with Gasteiger partial charge in [-0.1, -0.05) is 6.08 Å². The topological polar surface area (TPSA) is 17.1 Å². The molecule has 13 heavy (non-hydrogen) atoms. The Labute approximate surface area is 80.2 Å². The molecular weight excluding hydrogens is 160 g/mol. The minimum atomic E-state index is 0.438. The first-order chi connectivity index (χ1) is 6.31. The second-order valence-electron chi connectivity index (χ2n) is 4.57. The highest BCUT2D eigenvalue weighted by Gasteiger charge is 2.47. The number of Topliss-reactive ketones (excluding diaryl/α,β-unsaturated/α-hetero) is 1. The van der Waals surface area contributed by atoms with Gasteiger partial charge in [-0.3, -0.25) is 4.79 Å². The van der Waals surface area contributed by atoms with Gasteiger partial charge in [0.25, 0.3) is 0 Å². The van der Waals surface area contributed by atoms with E-state index in [0.717, 1.165) is 31.1 Å². The molecule has 0 aromatic carbocycles. The van der Waals surface area contributed by atoms with Crippen LogP contribution in [0.2, 0.25) is 0 Å². The molecule has 2 fully saturated rings. The maximum Gasteiger partial charge on any atom is 0.136 e. The van der Waals surface area contributed by atoms with Crippen molar-refractivity contribution in [3.8, 4) is 0 Å². The highest BCUT2D eigenvalue weighted by atomic mass is 16.1. The molecule has 0 radical (unpaired) electrons. The number of carbonyl (C=O) groups is 1. The SMILES string of the molecule is C=CCCCC(=O)C1CC2CC2C1. The van der Waals surface area contributed by atoms with E-state index in [1.165, 1.54) is 19.3 Å². The van der Waals surface area contributed by atoms with Crippen molar-refractivity contribution in [1.82, 2.24) is 0 Å². The maximum absolute atomic E-state index is 11.7. The van der Waals surface area contributed by atoms with E-state index in [0.29, 0.717) is 11.7 Å². The van der Waals surface area contributed by atoms with Gasteiger partial charge in [-0.15, -0.1) is 6.58 Å². The molecule has 0 spiro atoms. The maximum atomic E-state index is 11.7. The fourth-order valence-corrected chi connectivity index (χ4v) is 2.60. The minimum Gasteiger partial charge on any atom is -0.299 e. The van der Waals surface area contributed by atoms with Crippen LogP contribution in [0, 0.1) is 17.8 Å². The van der Waals surface area contributed by atoms with Crippen molar-refractivity contribution in [3.05, 3.63) is 12.7 Å². The Hall–Kier alpha value is -0.590. The van der Waals surface area contributed by atoms with Crippen LogP contribution in [0.4, 0.5) is 0 Å². The molecule has 2 rings (SSSR count). The third-order valence-electron chi connectivity index (χ3n) is 3.53. The zero-order chi connectivity index (χ0) is 9.26. The largest absolute Gasteiger partial charge is 0.299 e. The zero-order valence-corrected chi connectivity index (χ0v) is 8.17. The smallest absolute Gasteiger partial charge is 0.136 e. The van der Waals surface area contributed by atoms with Crippen LogP contribution in [-0.4, -0.2) is 5.78 Å². The number of ketones is 1. The summed E-state index contributed by atoms with van der Waals surface area (Å²) in [6.45, 7) is 3.66. The first-order valence-corrected chi connectivity index (χ1v) is 5.45. The Morgan fingerprint density at radius 1 is 1.31 bits per heavy atom. The van der Waals surface area contributed by atoms with Crippen molar-refractivity contribution in [2.24, 2.45) is 17.8 Å². The van der Waals surface area contributed by atoms with Gasteiger partial charge in [-0.05, 0) is 43.9 Å². The summed E-state index contributed by atoms with van der Waals surface area (Å²) in [5.41, 5.74) is 0. The monoisotopic (exact) mass is 178 g/mol. The van der Waals surface area contributed by atoms with Crippen molar-refractivity contribution in [2.45, 2.75) is 38.5 Å². The lowest BCUT2D eigenvalue weighted by atomic mass is 9.95. The van der Waals surface area contributed by atoms with Gasteiger partial charge in [0.2, 0.25) is 0 Å². The van der Waals surface area contributed by atoms with Crippen LogP contribution in [0.1, 0.15) is 38.5 Å². The van der Waals surface area contributed by atoms with Gasteiger partial charge in [0.1, 0.15) is 5.78 Å². The van der Waals surface area contributed by atoms with E-state index < -0.39 is 0 Å². The van der Waals surface area contributed by atoms with Crippen molar-refractivity contribution < 1.29 is 4.79 Å². The van der Waals surface area contributed by atoms with Gasteiger partial charge in [-0.25, -0.2) is 0 Å². The normalized spacial score (nSPS) is 35.5. The molecule has 1 heteroatoms. The molecule has 0 N–H and O–H groups in total. The van der Waals surface area contributed by atoms with E-state index in [1.54, 1.807) is 0 Å². The highest BCUT2D eigenvalue weighted by molar-refractivity contribution is 5.81. The van der Waals surface area contributed by atoms with E-state index in [1.807, 2.05) is 6.08 Å². The highest BCUT2D eigenvalue weighted by Crippen LogP contribution is 2.54. The molecule has 0 amide bonds. The Bertz CT molecular complexity index is 209. The zero-order valence-electron chi connectivity index (χ0n) is 8.17. The summed E-state index contributed by atoms with van der Waals surface area (Å²) < 4.78 is 0. The predicted molar refractivity (Wildman–Crippen MR) is 53.4 cm³/mol. The quantitative estimate of drug-likeness (QED) is 0.467. The predicted octanol–water partition coefficient (Wildman–Crippen LogP) is 2.96. The van der Waals surface area contributed by atoms with E-state index in [4.69, 9.17) is 0 Å². The third kappa shape index (κ3) is 2.01. The van der Waals surface area contributed by atoms with Gasteiger partial charge in [0, 0.05) is 12.3 Å². The molecule has 0 heterocycles. The summed E-state index contributed by atoms with van der Waals surface area (Å²) in [5.74, 6) is 2.84. The molecule has 2 aliphatic rings. The van der Waals surface area contributed by atoms with Gasteiger partial charge >= 0.3 is 0 Å². The van der Waals surface area contributed by atoms with Crippen molar-refractivity contribution in [3.63, 3.8) is 0 Å². The number of hydrogen-bond donors (Lipinski definition) is 0. The molecule has 2 unspecified atom stereocenters. The second-order valence-corrected chi connectivity index (χ2v) is 4.57. The van der Waals surface area contributed by atoms with Crippen LogP contribution in [0.15, 0.2) is 12.7 Å². The van der Waals surface area contributed by atoms with E-state index in [2.05, 4.69) is 6.58 Å². The first-order valence-electron chi connectivity index (χ1n) is 5.45. The number of hydrogen-bond acceptors (Lipinski definition) is 1. The lowest BCUT2D eigenvalue weighted by molar-refractivity contribution is -0.123. The molecule has 1 nitrogen and oxygen atoms in total. The molecule has 72 valence electrons. The fourth-order valence-electron chi connectivity index (χ4n) is 2.60. The molecule has 2 aliphatic carbocycles. The summed E-state index contributed by atoms with van der Waals surface area (Å²) in [7, 11) is 0. The lowest BCUT2D eigenvalue weighted by Crippen LogP contribution is -2.12. The van der Waals surface area contributed by atoms with Gasteiger partial charge in [-0.2, -0.15) is 0 Å². The van der Waals surface area contributed by atoms with Crippen LogP contribution < -0.4 is 0 Å². The molecule has 2 saturated carbocycles. The molecule has 0 saturated heterocycles. The Balaban J connectivity index is 1.68. The van der Waals surface area contributed by atoms with Gasteiger partial charge in [0.05, 0.1) is 0 Å². The molecule has 0 aromatic rings. The molecule has 0 aromatic heterocycles. The number of rotatable bonds is 5. The van der Waals surface area contributed by atoms with Crippen LogP contribution in [-0.2, 0) is 4.79 Å². The second kappa shape index (κ2) is 3.65. The van der Waals surface area contributed by atoms with E-state index >= 15 is 0 Å². The van der Waals surface area contributed by atoms with Gasteiger partial charge < -0.3 is 0 Å². The van der Waals surface area contributed by atoms with Crippen molar-refractivity contribution >= 4 is 5.78 Å². The summed E-state index contributed by atoms with van der Waals surface area (Å²) in [6.07, 6.45) is 8.51. The number of allylic oxidation sites excluding steroid dienone is 1.